The lowest BCUT2D eigenvalue weighted by atomic mass is 9.76. The third-order valence-corrected chi connectivity index (χ3v) is 5.73. The lowest BCUT2D eigenvalue weighted by molar-refractivity contribution is -0.132. The number of aryl methyl sites for hydroxylation is 1. The Bertz CT molecular complexity index is 1130. The molecule has 1 aliphatic heterocycles. The Morgan fingerprint density at radius 3 is 2.90 bits per heavy atom. The van der Waals surface area contributed by atoms with Crippen molar-refractivity contribution >= 4 is 23.5 Å². The second kappa shape index (κ2) is 6.70. The number of imide groups is 1. The van der Waals surface area contributed by atoms with E-state index in [4.69, 9.17) is 16.1 Å². The highest BCUT2D eigenvalue weighted by Crippen LogP contribution is 2.40. The summed E-state index contributed by atoms with van der Waals surface area (Å²) in [5.74, 6) is 0.258. The quantitative estimate of drug-likeness (QED) is 0.668. The maximum atomic E-state index is 13.3. The molecule has 7 nitrogen and oxygen atoms in total. The van der Waals surface area contributed by atoms with E-state index in [0.29, 0.717) is 22.8 Å². The number of carbonyl (C=O) groups is 2. The summed E-state index contributed by atoms with van der Waals surface area (Å²) in [5, 5.41) is 7.42. The summed E-state index contributed by atoms with van der Waals surface area (Å²) in [6.45, 7) is -0.0812. The first-order valence-electron chi connectivity index (χ1n) is 9.38. The van der Waals surface area contributed by atoms with Crippen LogP contribution in [-0.4, -0.2) is 27.0 Å². The molecule has 0 bridgehead atoms. The maximum Gasteiger partial charge on any atom is 0.325 e. The fraction of sp³-hybridized carbons (Fsp3) is 0.238. The average Bonchev–Trinajstić information content (AvgIpc) is 3.28. The van der Waals surface area contributed by atoms with E-state index in [9.17, 15) is 9.59 Å². The third kappa shape index (κ3) is 2.89. The summed E-state index contributed by atoms with van der Waals surface area (Å²) in [6.07, 6.45) is 2.30. The predicted octanol–water partition coefficient (Wildman–Crippen LogP) is 3.67. The van der Waals surface area contributed by atoms with Crippen LogP contribution < -0.4 is 5.32 Å². The van der Waals surface area contributed by atoms with Crippen molar-refractivity contribution in [3.8, 4) is 11.4 Å². The molecule has 2 heterocycles. The van der Waals surface area contributed by atoms with Crippen molar-refractivity contribution in [3.05, 3.63) is 70.6 Å². The summed E-state index contributed by atoms with van der Waals surface area (Å²) in [5.41, 5.74) is 1.65. The minimum Gasteiger partial charge on any atom is -0.337 e. The van der Waals surface area contributed by atoms with Crippen molar-refractivity contribution < 1.29 is 14.1 Å². The maximum absolute atomic E-state index is 13.3. The lowest BCUT2D eigenvalue weighted by Gasteiger charge is -2.33. The molecule has 1 fully saturated rings. The first-order valence-corrected chi connectivity index (χ1v) is 9.76. The second-order valence-corrected chi connectivity index (χ2v) is 7.70. The minimum absolute atomic E-state index is 0.0812. The van der Waals surface area contributed by atoms with E-state index in [2.05, 4.69) is 15.5 Å². The molecular weight excluding hydrogens is 392 g/mol. The number of hydrogen-bond donors (Lipinski definition) is 1. The third-order valence-electron chi connectivity index (χ3n) is 5.50. The zero-order chi connectivity index (χ0) is 20.0. The number of nitrogens with zero attached hydrogens (tertiary/aromatic N) is 3. The first kappa shape index (κ1) is 17.9. The van der Waals surface area contributed by atoms with Gasteiger partial charge in [0.05, 0.1) is 0 Å². The van der Waals surface area contributed by atoms with Gasteiger partial charge in [-0.25, -0.2) is 4.79 Å². The van der Waals surface area contributed by atoms with E-state index in [1.54, 1.807) is 18.2 Å². The van der Waals surface area contributed by atoms with Gasteiger partial charge in [-0.1, -0.05) is 53.2 Å². The molecule has 1 aromatic heterocycles. The predicted molar refractivity (Wildman–Crippen MR) is 105 cm³/mol. The van der Waals surface area contributed by atoms with E-state index in [1.165, 1.54) is 0 Å². The van der Waals surface area contributed by atoms with Crippen LogP contribution in [0.1, 0.15) is 29.9 Å². The summed E-state index contributed by atoms with van der Waals surface area (Å²) >= 11 is 6.01. The fourth-order valence-electron chi connectivity index (χ4n) is 4.15. The molecule has 3 aromatic rings. The van der Waals surface area contributed by atoms with Crippen LogP contribution in [0.3, 0.4) is 0 Å². The number of aromatic nitrogens is 2. The average molecular weight is 409 g/mol. The Balaban J connectivity index is 1.43. The number of urea groups is 1. The molecule has 8 heteroatoms. The molecule has 1 saturated heterocycles. The van der Waals surface area contributed by atoms with E-state index in [-0.39, 0.29) is 18.3 Å². The van der Waals surface area contributed by atoms with Crippen LogP contribution in [-0.2, 0) is 23.3 Å². The molecule has 29 heavy (non-hydrogen) atoms. The number of carbonyl (C=O) groups excluding carboxylic acids is 2. The van der Waals surface area contributed by atoms with Crippen LogP contribution in [0.5, 0.6) is 0 Å². The highest BCUT2D eigenvalue weighted by Gasteiger charge is 2.54. The van der Waals surface area contributed by atoms with Gasteiger partial charge in [0, 0.05) is 10.6 Å². The Labute approximate surface area is 171 Å². The lowest BCUT2D eigenvalue weighted by Crippen LogP contribution is -2.46. The van der Waals surface area contributed by atoms with Crippen LogP contribution in [0.2, 0.25) is 5.02 Å². The smallest absolute Gasteiger partial charge is 0.325 e. The molecule has 0 saturated carbocycles. The molecular formula is C21H17ClN4O3. The van der Waals surface area contributed by atoms with Gasteiger partial charge in [-0.2, -0.15) is 4.98 Å². The van der Waals surface area contributed by atoms with Crippen LogP contribution >= 0.6 is 11.6 Å². The molecule has 2 aromatic carbocycles. The summed E-state index contributed by atoms with van der Waals surface area (Å²) in [4.78, 5) is 31.5. The van der Waals surface area contributed by atoms with Crippen molar-refractivity contribution in [2.75, 3.05) is 0 Å². The fourth-order valence-corrected chi connectivity index (χ4v) is 4.34. The minimum atomic E-state index is -1.01. The van der Waals surface area contributed by atoms with Crippen molar-refractivity contribution in [2.45, 2.75) is 31.3 Å². The standard InChI is InChI=1S/C21H17ClN4O3/c22-15-8-3-6-14(11-15)18-23-17(29-25-18)12-26-19(27)21(24-20(26)28)10-4-7-13-5-1-2-9-16(13)21/h1-3,5-6,8-9,11H,4,7,10,12H2,(H,24,28)/t21-/m1/s1. The summed E-state index contributed by atoms with van der Waals surface area (Å²) < 4.78 is 5.28. The normalized spacial score (nSPS) is 20.8. The monoisotopic (exact) mass is 408 g/mol. The van der Waals surface area contributed by atoms with E-state index < -0.39 is 11.6 Å². The number of hydrogen-bond acceptors (Lipinski definition) is 5. The van der Waals surface area contributed by atoms with Crippen molar-refractivity contribution in [2.24, 2.45) is 0 Å². The zero-order valence-corrected chi connectivity index (χ0v) is 16.1. The van der Waals surface area contributed by atoms with Gasteiger partial charge in [-0.15, -0.1) is 0 Å². The molecule has 2 aliphatic rings. The molecule has 3 amide bonds. The van der Waals surface area contributed by atoms with Gasteiger partial charge in [0.2, 0.25) is 11.7 Å². The van der Waals surface area contributed by atoms with Gasteiger partial charge in [0.25, 0.3) is 5.91 Å². The number of fused-ring (bicyclic) bond motifs is 2. The van der Waals surface area contributed by atoms with Gasteiger partial charge in [0.15, 0.2) is 0 Å². The van der Waals surface area contributed by atoms with Gasteiger partial charge < -0.3 is 9.84 Å². The molecule has 1 aliphatic carbocycles. The van der Waals surface area contributed by atoms with Gasteiger partial charge in [-0.05, 0) is 42.5 Å². The van der Waals surface area contributed by atoms with Gasteiger partial charge in [0.1, 0.15) is 12.1 Å². The topological polar surface area (TPSA) is 88.3 Å². The molecule has 5 rings (SSSR count). The van der Waals surface area contributed by atoms with Crippen LogP contribution in [0.15, 0.2) is 53.1 Å². The number of halogens is 1. The Morgan fingerprint density at radius 1 is 1.17 bits per heavy atom. The highest BCUT2D eigenvalue weighted by molar-refractivity contribution is 6.30. The number of rotatable bonds is 3. The largest absolute Gasteiger partial charge is 0.337 e. The molecule has 146 valence electrons. The van der Waals surface area contributed by atoms with Gasteiger partial charge in [-0.3, -0.25) is 9.69 Å². The Kier molecular flexibility index (Phi) is 4.13. The molecule has 1 N–H and O–H groups in total. The van der Waals surface area contributed by atoms with E-state index in [1.807, 2.05) is 30.3 Å². The number of benzene rings is 2. The van der Waals surface area contributed by atoms with Crippen molar-refractivity contribution in [1.82, 2.24) is 20.4 Å². The molecule has 0 radical (unpaired) electrons. The summed E-state index contributed by atoms with van der Waals surface area (Å²) in [6, 6.07) is 14.4. The van der Waals surface area contributed by atoms with E-state index >= 15 is 0 Å². The number of nitrogens with one attached hydrogen (secondary N) is 1. The molecule has 1 atom stereocenters. The highest BCUT2D eigenvalue weighted by atomic mass is 35.5. The van der Waals surface area contributed by atoms with Crippen LogP contribution in [0.25, 0.3) is 11.4 Å². The molecule has 1 spiro atoms. The number of amides is 3. The van der Waals surface area contributed by atoms with Gasteiger partial charge >= 0.3 is 6.03 Å². The Morgan fingerprint density at radius 2 is 2.03 bits per heavy atom. The van der Waals surface area contributed by atoms with Crippen LogP contribution in [0, 0.1) is 0 Å². The molecule has 0 unspecified atom stereocenters. The SMILES string of the molecule is O=C1N[C@@]2(CCCc3ccccc32)C(=O)N1Cc1nc(-c2cccc(Cl)c2)no1. The first-order chi connectivity index (χ1) is 14.1. The Hall–Kier alpha value is -3.19. The van der Waals surface area contributed by atoms with Crippen LogP contribution in [0.4, 0.5) is 4.79 Å². The van der Waals surface area contributed by atoms with Crippen molar-refractivity contribution in [1.29, 1.82) is 0 Å². The van der Waals surface area contributed by atoms with E-state index in [0.717, 1.165) is 28.9 Å². The summed E-state index contributed by atoms with van der Waals surface area (Å²) in [7, 11) is 0. The zero-order valence-electron chi connectivity index (χ0n) is 15.4. The second-order valence-electron chi connectivity index (χ2n) is 7.26. The van der Waals surface area contributed by atoms with Crippen molar-refractivity contribution in [3.63, 3.8) is 0 Å².